The van der Waals surface area contributed by atoms with Gasteiger partial charge >= 0.3 is 6.07 Å². The fraction of sp³-hybridized carbons (Fsp3) is 0.273. The first kappa shape index (κ1) is 9.53. The number of rotatable bonds is 2. The molecular weight excluding hydrogens is 190 g/mol. The van der Waals surface area contributed by atoms with E-state index in [1.807, 2.05) is 18.2 Å². The molecule has 1 N–H and O–H groups in total. The predicted octanol–water partition coefficient (Wildman–Crippen LogP) is 2.69. The van der Waals surface area contributed by atoms with E-state index in [9.17, 15) is 5.21 Å². The molecule has 0 saturated heterocycles. The summed E-state index contributed by atoms with van der Waals surface area (Å²) in [5, 5.41) is 12.6. The lowest BCUT2D eigenvalue weighted by molar-refractivity contribution is 0.927. The van der Waals surface area contributed by atoms with Crippen LogP contribution in [0.4, 0.5) is 0 Å². The molecule has 0 spiro atoms. The topological polar surface area (TPSA) is 56.1 Å². The number of H-pyrrole nitrogens is 1. The summed E-state index contributed by atoms with van der Waals surface area (Å²) in [5.41, 5.74) is 3.02. The first-order valence-corrected chi connectivity index (χ1v) is 4.91. The molecule has 2 rings (SSSR count). The van der Waals surface area contributed by atoms with E-state index >= 15 is 0 Å². The van der Waals surface area contributed by atoms with Gasteiger partial charge in [-0.3, -0.25) is 0 Å². The van der Waals surface area contributed by atoms with Crippen molar-refractivity contribution in [1.29, 1.82) is 0 Å². The van der Waals surface area contributed by atoms with Gasteiger partial charge in [0.25, 0.3) is 5.82 Å². The van der Waals surface area contributed by atoms with Gasteiger partial charge in [-0.2, -0.15) is 0 Å². The Kier molecular flexibility index (Phi) is 2.55. The second-order valence-corrected chi connectivity index (χ2v) is 3.35. The van der Waals surface area contributed by atoms with Gasteiger partial charge in [0.2, 0.25) is 0 Å². The first-order chi connectivity index (χ1) is 7.35. The molecule has 0 unspecified atom stereocenters. The largest absolute Gasteiger partial charge is 0.498 e. The van der Waals surface area contributed by atoms with Gasteiger partial charge in [-0.05, 0) is 18.1 Å². The normalized spacial score (nSPS) is 9.93. The summed E-state index contributed by atoms with van der Waals surface area (Å²) in [6, 6.07) is 8.22. The number of nitrogens with zero attached hydrogens (tertiary/aromatic N) is 2. The molecule has 4 nitrogen and oxygen atoms in total. The molecule has 0 aliphatic heterocycles. The maximum absolute atomic E-state index is 10.0. The smallest absolute Gasteiger partial charge is 0.376 e. The molecule has 15 heavy (non-hydrogen) atoms. The Morgan fingerprint density at radius 1 is 1.53 bits per heavy atom. The molecule has 0 amide bonds. The molecule has 76 valence electrons. The van der Waals surface area contributed by atoms with Crippen LogP contribution < -0.4 is 0 Å². The molecule has 0 aliphatic rings. The van der Waals surface area contributed by atoms with Crippen LogP contribution in [0.3, 0.4) is 0 Å². The van der Waals surface area contributed by atoms with Crippen molar-refractivity contribution in [3.8, 4) is 6.07 Å². The second-order valence-electron chi connectivity index (χ2n) is 3.35. The number of aryl methyl sites for hydroxylation is 1. The maximum atomic E-state index is 10.0. The Morgan fingerprint density at radius 3 is 3.13 bits per heavy atom. The number of hydrogen-bond acceptors (Lipinski definition) is 2. The van der Waals surface area contributed by atoms with Crippen molar-refractivity contribution in [2.45, 2.75) is 19.8 Å². The molecular formula is C11H11N3O. The molecule has 0 radical (unpaired) electrons. The van der Waals surface area contributed by atoms with E-state index in [-0.39, 0.29) is 0 Å². The lowest BCUT2D eigenvalue weighted by Gasteiger charge is -1.97. The van der Waals surface area contributed by atoms with E-state index < -0.39 is 0 Å². The molecule has 1 heterocycles. The fourth-order valence-electron chi connectivity index (χ4n) is 1.66. The minimum Gasteiger partial charge on any atom is -0.498 e. The van der Waals surface area contributed by atoms with Gasteiger partial charge in [0.1, 0.15) is 0 Å². The van der Waals surface area contributed by atoms with Gasteiger partial charge in [0.05, 0.1) is 11.0 Å². The predicted molar refractivity (Wildman–Crippen MR) is 59.8 cm³/mol. The SMILES string of the molecule is CCCc1cccc2[nH]c(C#[N+][O-])nc12. The zero-order valence-corrected chi connectivity index (χ0v) is 8.45. The van der Waals surface area contributed by atoms with Gasteiger partial charge in [-0.1, -0.05) is 25.5 Å². The Hall–Kier alpha value is -2.02. The van der Waals surface area contributed by atoms with Crippen molar-refractivity contribution in [2.75, 3.05) is 0 Å². The van der Waals surface area contributed by atoms with Crippen LogP contribution in [0.2, 0.25) is 0 Å². The summed E-state index contributed by atoms with van der Waals surface area (Å²) in [6.45, 7) is 2.12. The summed E-state index contributed by atoms with van der Waals surface area (Å²) >= 11 is 0. The molecule has 2 aromatic rings. The van der Waals surface area contributed by atoms with E-state index in [0.29, 0.717) is 5.82 Å². The molecule has 0 saturated carbocycles. The van der Waals surface area contributed by atoms with E-state index in [4.69, 9.17) is 0 Å². The number of aromatic amines is 1. The average Bonchev–Trinajstić information content (AvgIpc) is 2.62. The molecule has 1 aromatic heterocycles. The van der Waals surface area contributed by atoms with E-state index in [2.05, 4.69) is 28.0 Å². The molecule has 0 fully saturated rings. The highest BCUT2D eigenvalue weighted by atomic mass is 16.4. The minimum absolute atomic E-state index is 0.392. The highest BCUT2D eigenvalue weighted by Crippen LogP contribution is 2.17. The summed E-state index contributed by atoms with van der Waals surface area (Å²) in [7, 11) is 0. The molecule has 0 atom stereocenters. The zero-order valence-electron chi connectivity index (χ0n) is 8.45. The van der Waals surface area contributed by atoms with Gasteiger partial charge in [0.15, 0.2) is 0 Å². The van der Waals surface area contributed by atoms with Crippen LogP contribution in [0.1, 0.15) is 24.7 Å². The lowest BCUT2D eigenvalue weighted by Crippen LogP contribution is -1.84. The Bertz CT molecular complexity index is 533. The zero-order chi connectivity index (χ0) is 10.7. The number of aromatic nitrogens is 2. The number of para-hydroxylation sites is 1. The summed E-state index contributed by atoms with van der Waals surface area (Å²) in [6.07, 6.45) is 2.05. The van der Waals surface area contributed by atoms with Crippen molar-refractivity contribution in [3.63, 3.8) is 0 Å². The number of benzene rings is 1. The summed E-state index contributed by atoms with van der Waals surface area (Å²) in [4.78, 5) is 7.24. The van der Waals surface area contributed by atoms with Crippen LogP contribution in [0.25, 0.3) is 16.0 Å². The van der Waals surface area contributed by atoms with E-state index in [1.54, 1.807) is 0 Å². The molecule has 0 aliphatic carbocycles. The van der Waals surface area contributed by atoms with Crippen LogP contribution in [0.5, 0.6) is 0 Å². The van der Waals surface area contributed by atoms with E-state index in [0.717, 1.165) is 23.9 Å². The first-order valence-electron chi connectivity index (χ1n) is 4.91. The van der Waals surface area contributed by atoms with Gasteiger partial charge < -0.3 is 10.2 Å². The van der Waals surface area contributed by atoms with Crippen LogP contribution in [-0.4, -0.2) is 9.97 Å². The quantitative estimate of drug-likeness (QED) is 0.759. The standard InChI is InChI=1S/C11H11N3O/c1-2-4-8-5-3-6-9-11(8)14-10(13-9)7-12-15/h3,5-6H,2,4H2,1H3,(H,13,14). The Balaban J connectivity index is 2.57. The van der Waals surface area contributed by atoms with Crippen molar-refractivity contribution in [2.24, 2.45) is 0 Å². The van der Waals surface area contributed by atoms with Gasteiger partial charge in [-0.15, -0.1) is 0 Å². The monoisotopic (exact) mass is 201 g/mol. The average molecular weight is 201 g/mol. The van der Waals surface area contributed by atoms with E-state index in [1.165, 1.54) is 5.56 Å². The van der Waals surface area contributed by atoms with Crippen molar-refractivity contribution in [3.05, 3.63) is 39.8 Å². The van der Waals surface area contributed by atoms with Gasteiger partial charge in [0, 0.05) is 5.01 Å². The lowest BCUT2D eigenvalue weighted by atomic mass is 10.1. The highest BCUT2D eigenvalue weighted by molar-refractivity contribution is 5.79. The van der Waals surface area contributed by atoms with Crippen molar-refractivity contribution >= 4 is 11.0 Å². The molecule has 1 aromatic carbocycles. The molecule has 0 bridgehead atoms. The van der Waals surface area contributed by atoms with Crippen LogP contribution >= 0.6 is 0 Å². The summed E-state index contributed by atoms with van der Waals surface area (Å²) < 4.78 is 0. The number of nitrogens with one attached hydrogen (secondary N) is 1. The third-order valence-corrected chi connectivity index (χ3v) is 2.27. The van der Waals surface area contributed by atoms with Gasteiger partial charge in [-0.25, -0.2) is 4.98 Å². The fourth-order valence-corrected chi connectivity index (χ4v) is 1.66. The van der Waals surface area contributed by atoms with Crippen molar-refractivity contribution < 1.29 is 0 Å². The Morgan fingerprint density at radius 2 is 2.40 bits per heavy atom. The Labute approximate surface area is 87.4 Å². The van der Waals surface area contributed by atoms with Crippen molar-refractivity contribution in [1.82, 2.24) is 9.97 Å². The number of fused-ring (bicyclic) bond motifs is 1. The van der Waals surface area contributed by atoms with Crippen LogP contribution in [-0.2, 0) is 6.42 Å². The van der Waals surface area contributed by atoms with Crippen LogP contribution in [0.15, 0.2) is 18.2 Å². The maximum Gasteiger partial charge on any atom is 0.376 e. The number of imidazole rings is 1. The third kappa shape index (κ3) is 1.77. The summed E-state index contributed by atoms with van der Waals surface area (Å²) in [5.74, 6) is 0.392. The highest BCUT2D eigenvalue weighted by Gasteiger charge is 2.07. The third-order valence-electron chi connectivity index (χ3n) is 2.27. The second kappa shape index (κ2) is 4.01. The number of hydrogen-bond donors (Lipinski definition) is 1. The minimum atomic E-state index is 0.392. The molecule has 4 heteroatoms. The van der Waals surface area contributed by atoms with Crippen LogP contribution in [0, 0.1) is 11.3 Å².